The summed E-state index contributed by atoms with van der Waals surface area (Å²) in [6, 6.07) is 8.39. The zero-order valence-electron chi connectivity index (χ0n) is 15.4. The van der Waals surface area contributed by atoms with E-state index < -0.39 is 0 Å². The van der Waals surface area contributed by atoms with Crippen molar-refractivity contribution in [1.82, 2.24) is 14.9 Å². The summed E-state index contributed by atoms with van der Waals surface area (Å²) in [7, 11) is 0. The third-order valence-corrected chi connectivity index (χ3v) is 7.75. The Hall–Kier alpha value is -1.44. The van der Waals surface area contributed by atoms with Gasteiger partial charge in [0.1, 0.15) is 5.01 Å². The number of hydrogen-bond donors (Lipinski definition) is 0. The summed E-state index contributed by atoms with van der Waals surface area (Å²) in [5.74, 6) is 2.00. The second-order valence-corrected chi connectivity index (χ2v) is 10.0. The van der Waals surface area contributed by atoms with Crippen LogP contribution in [-0.4, -0.2) is 33.1 Å². The number of fused-ring (bicyclic) bond motifs is 1. The topological polar surface area (TPSA) is 46.1 Å². The number of piperidine rings is 1. The SMILES string of the molecule is Cc1nc(CSCCC(=O)N2CCCC[C@H]2c2nc3ccccc3s2)cs1. The van der Waals surface area contributed by atoms with Crippen LogP contribution in [0.4, 0.5) is 0 Å². The van der Waals surface area contributed by atoms with E-state index in [0.717, 1.165) is 52.1 Å². The largest absolute Gasteiger partial charge is 0.333 e. The average Bonchev–Trinajstić information content (AvgIpc) is 3.31. The molecule has 0 radical (unpaired) electrons. The Kier molecular flexibility index (Phi) is 6.10. The van der Waals surface area contributed by atoms with Crippen molar-refractivity contribution in [2.75, 3.05) is 12.3 Å². The summed E-state index contributed by atoms with van der Waals surface area (Å²) < 4.78 is 1.21. The molecule has 27 heavy (non-hydrogen) atoms. The van der Waals surface area contributed by atoms with Gasteiger partial charge in [-0.2, -0.15) is 11.8 Å². The molecule has 1 aromatic carbocycles. The average molecular weight is 418 g/mol. The molecule has 0 bridgehead atoms. The molecule has 7 heteroatoms. The maximum atomic E-state index is 12.9. The number of thiazole rings is 2. The Morgan fingerprint density at radius 2 is 2.19 bits per heavy atom. The molecule has 0 unspecified atom stereocenters. The van der Waals surface area contributed by atoms with Crippen LogP contribution in [0.15, 0.2) is 29.6 Å². The number of benzene rings is 1. The fraction of sp³-hybridized carbons (Fsp3) is 0.450. The number of hydrogen-bond acceptors (Lipinski definition) is 6. The molecule has 0 aliphatic carbocycles. The fourth-order valence-electron chi connectivity index (χ4n) is 3.47. The van der Waals surface area contributed by atoms with Gasteiger partial charge >= 0.3 is 0 Å². The Labute approximate surface area is 172 Å². The van der Waals surface area contributed by atoms with Crippen LogP contribution in [0.25, 0.3) is 10.2 Å². The third kappa shape index (κ3) is 4.52. The van der Waals surface area contributed by atoms with Crippen molar-refractivity contribution in [2.24, 2.45) is 0 Å². The summed E-state index contributed by atoms with van der Waals surface area (Å²) in [5.41, 5.74) is 2.17. The van der Waals surface area contributed by atoms with Crippen LogP contribution in [0.1, 0.15) is 47.4 Å². The first-order valence-corrected chi connectivity index (χ1v) is 12.2. The van der Waals surface area contributed by atoms with Gasteiger partial charge in [0, 0.05) is 29.9 Å². The van der Waals surface area contributed by atoms with E-state index in [1.165, 1.54) is 11.1 Å². The highest BCUT2D eigenvalue weighted by atomic mass is 32.2. The van der Waals surface area contributed by atoms with E-state index in [9.17, 15) is 4.79 Å². The lowest BCUT2D eigenvalue weighted by Gasteiger charge is -2.34. The first kappa shape index (κ1) is 18.9. The third-order valence-electron chi connectivity index (χ3n) is 4.80. The molecule has 2 aromatic heterocycles. The van der Waals surface area contributed by atoms with Crippen molar-refractivity contribution in [3.05, 3.63) is 45.4 Å². The number of para-hydroxylation sites is 1. The number of thioether (sulfide) groups is 1. The monoisotopic (exact) mass is 417 g/mol. The van der Waals surface area contributed by atoms with Crippen LogP contribution >= 0.6 is 34.4 Å². The molecule has 1 aliphatic heterocycles. The predicted octanol–water partition coefficient (Wildman–Crippen LogP) is 5.44. The quantitative estimate of drug-likeness (QED) is 0.501. The lowest BCUT2D eigenvalue weighted by Crippen LogP contribution is -2.38. The zero-order chi connectivity index (χ0) is 18.6. The molecule has 3 heterocycles. The molecule has 1 fully saturated rings. The van der Waals surface area contributed by atoms with Gasteiger partial charge in [0.25, 0.3) is 0 Å². The number of carbonyl (C=O) groups is 1. The minimum Gasteiger partial charge on any atom is -0.333 e. The van der Waals surface area contributed by atoms with Crippen LogP contribution in [0.3, 0.4) is 0 Å². The Morgan fingerprint density at radius 1 is 1.30 bits per heavy atom. The lowest BCUT2D eigenvalue weighted by molar-refractivity contribution is -0.134. The van der Waals surface area contributed by atoms with Crippen LogP contribution < -0.4 is 0 Å². The zero-order valence-corrected chi connectivity index (χ0v) is 17.8. The number of amides is 1. The van der Waals surface area contributed by atoms with Crippen molar-refractivity contribution in [2.45, 2.75) is 44.4 Å². The fourth-order valence-corrected chi connectivity index (χ4v) is 6.13. The molecular formula is C20H23N3OS3. The maximum Gasteiger partial charge on any atom is 0.223 e. The van der Waals surface area contributed by atoms with Crippen molar-refractivity contribution < 1.29 is 4.79 Å². The van der Waals surface area contributed by atoms with Crippen molar-refractivity contribution in [3.8, 4) is 0 Å². The number of aryl methyl sites for hydroxylation is 1. The second-order valence-electron chi connectivity index (χ2n) is 6.78. The molecule has 1 aliphatic rings. The summed E-state index contributed by atoms with van der Waals surface area (Å²) in [6.45, 7) is 2.89. The van der Waals surface area contributed by atoms with E-state index >= 15 is 0 Å². The lowest BCUT2D eigenvalue weighted by atomic mass is 10.0. The van der Waals surface area contributed by atoms with E-state index in [-0.39, 0.29) is 11.9 Å². The highest BCUT2D eigenvalue weighted by Crippen LogP contribution is 2.36. The van der Waals surface area contributed by atoms with Gasteiger partial charge in [-0.3, -0.25) is 4.79 Å². The molecule has 0 N–H and O–H groups in total. The second kappa shape index (κ2) is 8.71. The highest BCUT2D eigenvalue weighted by Gasteiger charge is 2.29. The van der Waals surface area contributed by atoms with Gasteiger partial charge in [0.05, 0.1) is 27.0 Å². The van der Waals surface area contributed by atoms with Crippen LogP contribution in [0, 0.1) is 6.92 Å². The summed E-state index contributed by atoms with van der Waals surface area (Å²) >= 11 is 5.22. The minimum absolute atomic E-state index is 0.148. The van der Waals surface area contributed by atoms with Crippen LogP contribution in [-0.2, 0) is 10.5 Å². The Bertz CT molecular complexity index is 887. The van der Waals surface area contributed by atoms with Crippen LogP contribution in [0.5, 0.6) is 0 Å². The van der Waals surface area contributed by atoms with E-state index in [1.54, 1.807) is 34.4 Å². The molecular weight excluding hydrogens is 394 g/mol. The van der Waals surface area contributed by atoms with Gasteiger partial charge < -0.3 is 4.90 Å². The van der Waals surface area contributed by atoms with E-state index in [0.29, 0.717) is 6.42 Å². The molecule has 4 rings (SSSR count). The Morgan fingerprint density at radius 3 is 3.00 bits per heavy atom. The summed E-state index contributed by atoms with van der Waals surface area (Å²) in [6.07, 6.45) is 3.88. The van der Waals surface area contributed by atoms with Gasteiger partial charge in [-0.1, -0.05) is 12.1 Å². The molecule has 0 spiro atoms. The molecule has 1 atom stereocenters. The van der Waals surface area contributed by atoms with Gasteiger partial charge in [-0.25, -0.2) is 9.97 Å². The summed E-state index contributed by atoms with van der Waals surface area (Å²) in [5, 5.41) is 4.31. The molecule has 4 nitrogen and oxygen atoms in total. The van der Waals surface area contributed by atoms with Gasteiger partial charge in [0.2, 0.25) is 5.91 Å². The Balaban J connectivity index is 1.37. The summed E-state index contributed by atoms with van der Waals surface area (Å²) in [4.78, 5) is 24.3. The minimum atomic E-state index is 0.148. The van der Waals surface area contributed by atoms with Crippen LogP contribution in [0.2, 0.25) is 0 Å². The first-order valence-electron chi connectivity index (χ1n) is 9.34. The first-order chi connectivity index (χ1) is 13.2. The molecule has 1 saturated heterocycles. The van der Waals surface area contributed by atoms with Crippen molar-refractivity contribution >= 4 is 50.6 Å². The number of likely N-dealkylation sites (tertiary alicyclic amines) is 1. The van der Waals surface area contributed by atoms with E-state index in [1.807, 2.05) is 13.0 Å². The van der Waals surface area contributed by atoms with E-state index in [4.69, 9.17) is 4.98 Å². The molecule has 1 amide bonds. The number of carbonyl (C=O) groups excluding carboxylic acids is 1. The molecule has 142 valence electrons. The number of rotatable bonds is 6. The predicted molar refractivity (Wildman–Crippen MR) is 116 cm³/mol. The van der Waals surface area contributed by atoms with Gasteiger partial charge in [-0.05, 0) is 38.3 Å². The highest BCUT2D eigenvalue weighted by molar-refractivity contribution is 7.98. The maximum absolute atomic E-state index is 12.9. The van der Waals surface area contributed by atoms with Crippen molar-refractivity contribution in [1.29, 1.82) is 0 Å². The molecule has 3 aromatic rings. The van der Waals surface area contributed by atoms with Gasteiger partial charge in [0.15, 0.2) is 0 Å². The van der Waals surface area contributed by atoms with Crippen molar-refractivity contribution in [3.63, 3.8) is 0 Å². The van der Waals surface area contributed by atoms with Gasteiger partial charge in [-0.15, -0.1) is 22.7 Å². The standard InChI is InChI=1S/C20H23N3OS3/c1-14-21-15(13-26-14)12-25-11-9-19(24)23-10-5-4-7-17(23)20-22-16-6-2-3-8-18(16)27-20/h2-3,6,8,13,17H,4-5,7,9-12H2,1H3/t17-/m0/s1. The smallest absolute Gasteiger partial charge is 0.223 e. The number of nitrogens with zero attached hydrogens (tertiary/aromatic N) is 3. The number of aromatic nitrogens is 2. The van der Waals surface area contributed by atoms with E-state index in [2.05, 4.69) is 33.5 Å². The normalized spacial score (nSPS) is 17.5. The molecule has 0 saturated carbocycles.